The average Bonchev–Trinajstić information content (AvgIpc) is 3.02. The summed E-state index contributed by atoms with van der Waals surface area (Å²) in [5, 5.41) is 6.49. The Morgan fingerprint density at radius 3 is 2.54 bits per heavy atom. The summed E-state index contributed by atoms with van der Waals surface area (Å²) >= 11 is 0. The number of halogens is 3. The maximum absolute atomic E-state index is 14.0. The molecule has 0 spiro atoms. The van der Waals surface area contributed by atoms with Crippen molar-refractivity contribution in [2.24, 2.45) is 4.99 Å². The normalized spacial score (nSPS) is 18.6. The molecular weight excluding hydrogens is 497 g/mol. The molecule has 2 unspecified atom stereocenters. The van der Waals surface area contributed by atoms with E-state index in [1.807, 2.05) is 27.7 Å². The van der Waals surface area contributed by atoms with Crippen molar-refractivity contribution in [1.82, 2.24) is 10.6 Å². The molecule has 0 bridgehead atoms. The number of guanidine groups is 1. The lowest BCUT2D eigenvalue weighted by Crippen LogP contribution is -2.45. The third kappa shape index (κ3) is 7.13. The number of para-hydroxylation sites is 1. The van der Waals surface area contributed by atoms with E-state index in [0.717, 1.165) is 6.42 Å². The number of hydrogen-bond donors (Lipinski definition) is 2. The van der Waals surface area contributed by atoms with E-state index in [4.69, 9.17) is 0 Å². The largest absolute Gasteiger partial charge is 0.365 e. The summed E-state index contributed by atoms with van der Waals surface area (Å²) in [6.45, 7) is 10.0. The van der Waals surface area contributed by atoms with E-state index in [1.54, 1.807) is 4.90 Å². The Balaban J connectivity index is 0.00000392. The lowest BCUT2D eigenvalue weighted by Gasteiger charge is -2.21. The highest BCUT2D eigenvalue weighted by molar-refractivity contribution is 14.0. The van der Waals surface area contributed by atoms with Crippen LogP contribution in [0.5, 0.6) is 0 Å². The minimum absolute atomic E-state index is 0. The van der Waals surface area contributed by atoms with E-state index in [-0.39, 0.29) is 40.5 Å². The fraction of sp³-hybridized carbons (Fsp3) is 0.632. The maximum atomic E-state index is 14.0. The van der Waals surface area contributed by atoms with E-state index >= 15 is 0 Å². The lowest BCUT2D eigenvalue weighted by molar-refractivity contribution is 0.576. The maximum Gasteiger partial charge on any atom is 0.191 e. The molecule has 9 heteroatoms. The summed E-state index contributed by atoms with van der Waals surface area (Å²) in [7, 11) is -0.952. The zero-order chi connectivity index (χ0) is 20.0. The fourth-order valence-electron chi connectivity index (χ4n) is 2.93. The SMILES string of the molecule is CCNC(=NCCS(=O)C(C)(C)C)NC1CCN(c2c(F)cccc2F)C1.I. The van der Waals surface area contributed by atoms with Gasteiger partial charge in [0.25, 0.3) is 0 Å². The number of aliphatic imine (C=N–C) groups is 1. The quantitative estimate of drug-likeness (QED) is 0.338. The van der Waals surface area contributed by atoms with Crippen molar-refractivity contribution in [3.8, 4) is 0 Å². The fourth-order valence-corrected chi connectivity index (χ4v) is 3.80. The number of nitrogens with one attached hydrogen (secondary N) is 2. The van der Waals surface area contributed by atoms with Crippen LogP contribution in [0.2, 0.25) is 0 Å². The van der Waals surface area contributed by atoms with Gasteiger partial charge in [0, 0.05) is 47.0 Å². The molecular formula is C19H31F2IN4OS. The zero-order valence-corrected chi connectivity index (χ0v) is 20.1. The van der Waals surface area contributed by atoms with Gasteiger partial charge in [-0.1, -0.05) is 6.07 Å². The predicted molar refractivity (Wildman–Crippen MR) is 124 cm³/mol. The van der Waals surface area contributed by atoms with E-state index in [9.17, 15) is 13.0 Å². The third-order valence-electron chi connectivity index (χ3n) is 4.36. The van der Waals surface area contributed by atoms with Gasteiger partial charge in [0.1, 0.15) is 17.3 Å². The molecule has 1 heterocycles. The van der Waals surface area contributed by atoms with Crippen molar-refractivity contribution in [2.75, 3.05) is 36.8 Å². The molecule has 2 N–H and O–H groups in total. The van der Waals surface area contributed by atoms with Crippen LogP contribution in [-0.2, 0) is 10.8 Å². The Morgan fingerprint density at radius 1 is 1.32 bits per heavy atom. The minimum Gasteiger partial charge on any atom is -0.365 e. The number of hydrogen-bond acceptors (Lipinski definition) is 3. The average molecular weight is 528 g/mol. The molecule has 0 amide bonds. The van der Waals surface area contributed by atoms with Crippen LogP contribution in [0.1, 0.15) is 34.1 Å². The summed E-state index contributed by atoms with van der Waals surface area (Å²) in [5.41, 5.74) is 0.0318. The van der Waals surface area contributed by atoms with Crippen LogP contribution in [0.15, 0.2) is 23.2 Å². The van der Waals surface area contributed by atoms with Crippen LogP contribution in [-0.4, -0.2) is 52.9 Å². The molecule has 1 aromatic carbocycles. The van der Waals surface area contributed by atoms with Gasteiger partial charge in [-0.05, 0) is 46.2 Å². The first-order chi connectivity index (χ1) is 12.7. The van der Waals surface area contributed by atoms with Gasteiger partial charge in [-0.25, -0.2) is 8.78 Å². The minimum atomic E-state index is -0.952. The molecule has 1 aliphatic rings. The molecule has 0 radical (unpaired) electrons. The van der Waals surface area contributed by atoms with Crippen molar-refractivity contribution in [3.63, 3.8) is 0 Å². The molecule has 0 aliphatic carbocycles. The van der Waals surface area contributed by atoms with Crippen LogP contribution in [0, 0.1) is 11.6 Å². The first-order valence-electron chi connectivity index (χ1n) is 9.34. The van der Waals surface area contributed by atoms with E-state index < -0.39 is 22.4 Å². The summed E-state index contributed by atoms with van der Waals surface area (Å²) in [5.74, 6) is 0.0585. The van der Waals surface area contributed by atoms with E-state index in [2.05, 4.69) is 15.6 Å². The number of benzene rings is 1. The van der Waals surface area contributed by atoms with Crippen molar-refractivity contribution >= 4 is 46.4 Å². The van der Waals surface area contributed by atoms with Gasteiger partial charge in [0.2, 0.25) is 0 Å². The van der Waals surface area contributed by atoms with E-state index in [0.29, 0.717) is 37.9 Å². The Hall–Kier alpha value is -0.970. The Morgan fingerprint density at radius 2 is 1.96 bits per heavy atom. The van der Waals surface area contributed by atoms with Crippen molar-refractivity contribution in [1.29, 1.82) is 0 Å². The summed E-state index contributed by atoms with van der Waals surface area (Å²) in [6.07, 6.45) is 0.756. The van der Waals surface area contributed by atoms with Crippen molar-refractivity contribution in [3.05, 3.63) is 29.8 Å². The second-order valence-electron chi connectivity index (χ2n) is 7.57. The highest BCUT2D eigenvalue weighted by Gasteiger charge is 2.27. The molecule has 1 aromatic rings. The number of rotatable bonds is 6. The molecule has 28 heavy (non-hydrogen) atoms. The first kappa shape index (κ1) is 25.1. The van der Waals surface area contributed by atoms with Crippen LogP contribution >= 0.6 is 24.0 Å². The van der Waals surface area contributed by atoms with Gasteiger partial charge < -0.3 is 15.5 Å². The highest BCUT2D eigenvalue weighted by Crippen LogP contribution is 2.26. The van der Waals surface area contributed by atoms with Crippen LogP contribution in [0.4, 0.5) is 14.5 Å². The molecule has 0 saturated carbocycles. The molecule has 1 saturated heterocycles. The number of anilines is 1. The predicted octanol–water partition coefficient (Wildman–Crippen LogP) is 3.26. The smallest absolute Gasteiger partial charge is 0.191 e. The summed E-state index contributed by atoms with van der Waals surface area (Å²) in [6, 6.07) is 3.97. The van der Waals surface area contributed by atoms with E-state index in [1.165, 1.54) is 18.2 Å². The standard InChI is InChI=1S/C19H30F2N4OS.HI/c1-5-22-18(23-10-12-27(26)19(2,3)4)24-14-9-11-25(13-14)17-15(20)7-6-8-16(17)21;/h6-8,14H,5,9-13H2,1-4H3,(H2,22,23,24);1H. The topological polar surface area (TPSA) is 56.7 Å². The molecule has 2 rings (SSSR count). The first-order valence-corrected chi connectivity index (χ1v) is 10.7. The molecule has 0 aromatic heterocycles. The second kappa shape index (κ2) is 11.3. The molecule has 5 nitrogen and oxygen atoms in total. The van der Waals surface area contributed by atoms with Gasteiger partial charge >= 0.3 is 0 Å². The summed E-state index contributed by atoms with van der Waals surface area (Å²) < 4.78 is 39.9. The van der Waals surface area contributed by atoms with Gasteiger partial charge in [0.05, 0.1) is 6.54 Å². The van der Waals surface area contributed by atoms with Crippen LogP contribution < -0.4 is 15.5 Å². The van der Waals surface area contributed by atoms with Crippen molar-refractivity contribution < 1.29 is 13.0 Å². The Labute approximate surface area is 186 Å². The monoisotopic (exact) mass is 528 g/mol. The molecule has 1 aliphatic heterocycles. The Kier molecular flexibility index (Phi) is 10.1. The zero-order valence-electron chi connectivity index (χ0n) is 16.9. The van der Waals surface area contributed by atoms with Crippen molar-refractivity contribution in [2.45, 2.75) is 44.9 Å². The Bertz CT molecular complexity index is 677. The number of nitrogens with zero attached hydrogens (tertiary/aromatic N) is 2. The van der Waals surface area contributed by atoms with Crippen LogP contribution in [0.25, 0.3) is 0 Å². The molecule has 160 valence electrons. The molecule has 1 fully saturated rings. The van der Waals surface area contributed by atoms with Crippen LogP contribution in [0.3, 0.4) is 0 Å². The summed E-state index contributed by atoms with van der Waals surface area (Å²) in [4.78, 5) is 6.22. The van der Waals surface area contributed by atoms with Gasteiger partial charge in [-0.15, -0.1) is 24.0 Å². The van der Waals surface area contributed by atoms with Gasteiger partial charge in [-0.3, -0.25) is 9.20 Å². The third-order valence-corrected chi connectivity index (χ3v) is 6.28. The molecule has 2 atom stereocenters. The second-order valence-corrected chi connectivity index (χ2v) is 9.89. The van der Waals surface area contributed by atoms with Gasteiger partial charge in [-0.2, -0.15) is 0 Å². The highest BCUT2D eigenvalue weighted by atomic mass is 127. The lowest BCUT2D eigenvalue weighted by atomic mass is 10.2. The van der Waals surface area contributed by atoms with Gasteiger partial charge in [0.15, 0.2) is 5.96 Å².